The van der Waals surface area contributed by atoms with E-state index in [1.165, 1.54) is 17.4 Å². The van der Waals surface area contributed by atoms with Crippen LogP contribution in [0.1, 0.15) is 16.6 Å². The number of nitrogens with zero attached hydrogens (tertiary/aromatic N) is 4. The number of piperazine rings is 1. The Labute approximate surface area is 137 Å². The Bertz CT molecular complexity index is 686. The van der Waals surface area contributed by atoms with Gasteiger partial charge in [-0.15, -0.1) is 0 Å². The third-order valence-corrected chi connectivity index (χ3v) is 4.60. The first-order chi connectivity index (χ1) is 11.2. The molecule has 1 saturated heterocycles. The van der Waals surface area contributed by atoms with Gasteiger partial charge in [0.05, 0.1) is 12.8 Å². The van der Waals surface area contributed by atoms with Crippen LogP contribution >= 0.6 is 11.3 Å². The van der Waals surface area contributed by atoms with E-state index >= 15 is 0 Å². The van der Waals surface area contributed by atoms with Gasteiger partial charge in [0, 0.05) is 32.4 Å². The summed E-state index contributed by atoms with van der Waals surface area (Å²) in [6.45, 7) is 4.83. The van der Waals surface area contributed by atoms with Crippen LogP contribution in [0.4, 0.5) is 15.3 Å². The first-order valence-electron chi connectivity index (χ1n) is 7.42. The Morgan fingerprint density at radius 1 is 1.30 bits per heavy atom. The minimum absolute atomic E-state index is 0.306. The molecule has 0 bridgehead atoms. The monoisotopic (exact) mass is 336 g/mol. The van der Waals surface area contributed by atoms with E-state index in [9.17, 15) is 9.18 Å². The molecule has 1 fully saturated rings. The second-order valence-corrected chi connectivity index (χ2v) is 6.02. The predicted molar refractivity (Wildman–Crippen MR) is 86.7 cm³/mol. The number of rotatable bonds is 4. The molecule has 1 aliphatic rings. The number of esters is 1. The highest BCUT2D eigenvalue weighted by atomic mass is 32.1. The lowest BCUT2D eigenvalue weighted by Gasteiger charge is -2.35. The molecule has 0 aliphatic carbocycles. The van der Waals surface area contributed by atoms with Crippen LogP contribution < -0.4 is 9.80 Å². The number of thiazole rings is 1. The molecule has 122 valence electrons. The molecule has 6 nitrogen and oxygen atoms in total. The highest BCUT2D eigenvalue weighted by molar-refractivity contribution is 7.17. The second-order valence-electron chi connectivity index (χ2n) is 5.01. The smallest absolute Gasteiger partial charge is 0.350 e. The first-order valence-corrected chi connectivity index (χ1v) is 8.24. The number of halogens is 1. The van der Waals surface area contributed by atoms with Crippen molar-refractivity contribution in [1.82, 2.24) is 9.97 Å². The van der Waals surface area contributed by atoms with Crippen molar-refractivity contribution in [3.8, 4) is 0 Å². The van der Waals surface area contributed by atoms with Gasteiger partial charge in [-0.3, -0.25) is 0 Å². The number of pyridine rings is 1. The number of carbonyl (C=O) groups is 1. The van der Waals surface area contributed by atoms with Gasteiger partial charge in [-0.25, -0.2) is 19.2 Å². The molecule has 2 aromatic rings. The summed E-state index contributed by atoms with van der Waals surface area (Å²) >= 11 is 1.32. The van der Waals surface area contributed by atoms with E-state index in [1.807, 2.05) is 4.90 Å². The fourth-order valence-electron chi connectivity index (χ4n) is 2.43. The maximum Gasteiger partial charge on any atom is 0.350 e. The Hall–Kier alpha value is -2.22. The first kappa shape index (κ1) is 15.7. The molecule has 1 aliphatic heterocycles. The van der Waals surface area contributed by atoms with Crippen LogP contribution in [-0.2, 0) is 4.74 Å². The van der Waals surface area contributed by atoms with Crippen molar-refractivity contribution in [1.29, 1.82) is 0 Å². The molecular formula is C15H17FN4O2S. The number of hydrogen-bond donors (Lipinski definition) is 0. The average Bonchev–Trinajstić information content (AvgIpc) is 3.06. The van der Waals surface area contributed by atoms with Crippen LogP contribution in [0.2, 0.25) is 0 Å². The molecule has 3 rings (SSSR count). The lowest BCUT2D eigenvalue weighted by atomic mass is 10.3. The number of ether oxygens (including phenoxy) is 1. The lowest BCUT2D eigenvalue weighted by molar-refractivity contribution is 0.0532. The molecule has 0 saturated carbocycles. The second kappa shape index (κ2) is 6.91. The Balaban J connectivity index is 1.63. The van der Waals surface area contributed by atoms with Crippen LogP contribution in [0.15, 0.2) is 24.5 Å². The van der Waals surface area contributed by atoms with E-state index < -0.39 is 0 Å². The largest absolute Gasteiger partial charge is 0.462 e. The van der Waals surface area contributed by atoms with Gasteiger partial charge in [0.25, 0.3) is 0 Å². The van der Waals surface area contributed by atoms with E-state index in [0.717, 1.165) is 5.13 Å². The number of carbonyl (C=O) groups excluding carboxylic acids is 1. The number of aromatic nitrogens is 2. The zero-order valence-corrected chi connectivity index (χ0v) is 13.6. The zero-order chi connectivity index (χ0) is 16.2. The summed E-state index contributed by atoms with van der Waals surface area (Å²) < 4.78 is 18.8. The van der Waals surface area contributed by atoms with Crippen molar-refractivity contribution in [3.05, 3.63) is 35.2 Å². The van der Waals surface area contributed by atoms with Crippen LogP contribution in [0.25, 0.3) is 0 Å². The minimum Gasteiger partial charge on any atom is -0.462 e. The van der Waals surface area contributed by atoms with Crippen molar-refractivity contribution < 1.29 is 13.9 Å². The zero-order valence-electron chi connectivity index (χ0n) is 12.7. The van der Waals surface area contributed by atoms with Crippen molar-refractivity contribution in [2.45, 2.75) is 6.92 Å². The fraction of sp³-hybridized carbons (Fsp3) is 0.400. The van der Waals surface area contributed by atoms with E-state index in [-0.39, 0.29) is 11.8 Å². The van der Waals surface area contributed by atoms with E-state index in [4.69, 9.17) is 4.74 Å². The number of anilines is 2. The van der Waals surface area contributed by atoms with Gasteiger partial charge in [0.1, 0.15) is 4.88 Å². The predicted octanol–water partition coefficient (Wildman–Crippen LogP) is 2.18. The Kier molecular flexibility index (Phi) is 4.71. The Morgan fingerprint density at radius 2 is 2.04 bits per heavy atom. The quantitative estimate of drug-likeness (QED) is 0.798. The Morgan fingerprint density at radius 3 is 2.74 bits per heavy atom. The molecule has 0 aromatic carbocycles. The van der Waals surface area contributed by atoms with Crippen LogP contribution in [0.5, 0.6) is 0 Å². The minimum atomic E-state index is -0.342. The van der Waals surface area contributed by atoms with Gasteiger partial charge in [0.15, 0.2) is 16.8 Å². The van der Waals surface area contributed by atoms with E-state index in [1.54, 1.807) is 25.4 Å². The highest BCUT2D eigenvalue weighted by Gasteiger charge is 2.23. The van der Waals surface area contributed by atoms with Crippen molar-refractivity contribution in [3.63, 3.8) is 0 Å². The lowest BCUT2D eigenvalue weighted by Crippen LogP contribution is -2.47. The van der Waals surface area contributed by atoms with Crippen LogP contribution in [0, 0.1) is 5.82 Å². The summed E-state index contributed by atoms with van der Waals surface area (Å²) in [7, 11) is 0. The highest BCUT2D eigenvalue weighted by Crippen LogP contribution is 2.25. The van der Waals surface area contributed by atoms with E-state index in [0.29, 0.717) is 43.5 Å². The molecule has 8 heteroatoms. The van der Waals surface area contributed by atoms with Crippen molar-refractivity contribution in [2.24, 2.45) is 0 Å². The molecular weight excluding hydrogens is 319 g/mol. The van der Waals surface area contributed by atoms with Crippen molar-refractivity contribution >= 4 is 28.3 Å². The topological polar surface area (TPSA) is 58.6 Å². The molecule has 0 amide bonds. The average molecular weight is 336 g/mol. The van der Waals surface area contributed by atoms with Gasteiger partial charge in [-0.05, 0) is 19.1 Å². The van der Waals surface area contributed by atoms with Crippen LogP contribution in [-0.4, -0.2) is 48.7 Å². The summed E-state index contributed by atoms with van der Waals surface area (Å²) in [4.78, 5) is 24.6. The molecule has 0 spiro atoms. The van der Waals surface area contributed by atoms with Crippen molar-refractivity contribution in [2.75, 3.05) is 42.6 Å². The van der Waals surface area contributed by atoms with Gasteiger partial charge in [0.2, 0.25) is 0 Å². The standard InChI is InChI=1S/C15H17FN4O2S/c1-2-22-14(21)12-10-18-15(23-12)20-8-6-19(7-9-20)13-11(16)4-3-5-17-13/h3-5,10H,2,6-9H2,1H3. The molecule has 23 heavy (non-hydrogen) atoms. The summed E-state index contributed by atoms with van der Waals surface area (Å²) in [6.07, 6.45) is 3.14. The summed E-state index contributed by atoms with van der Waals surface area (Å²) in [5.74, 6) is -0.260. The SMILES string of the molecule is CCOC(=O)c1cnc(N2CCN(c3ncccc3F)CC2)s1. The van der Waals surface area contributed by atoms with Crippen LogP contribution in [0.3, 0.4) is 0 Å². The number of hydrogen-bond acceptors (Lipinski definition) is 7. The molecule has 3 heterocycles. The van der Waals surface area contributed by atoms with E-state index in [2.05, 4.69) is 14.9 Å². The summed E-state index contributed by atoms with van der Waals surface area (Å²) in [5.41, 5.74) is 0. The summed E-state index contributed by atoms with van der Waals surface area (Å²) in [6, 6.07) is 3.00. The molecule has 0 unspecified atom stereocenters. The van der Waals surface area contributed by atoms with Gasteiger partial charge >= 0.3 is 5.97 Å². The normalized spacial score (nSPS) is 14.9. The molecule has 0 N–H and O–H groups in total. The fourth-order valence-corrected chi connectivity index (χ4v) is 3.29. The molecule has 2 aromatic heterocycles. The van der Waals surface area contributed by atoms with Gasteiger partial charge < -0.3 is 14.5 Å². The van der Waals surface area contributed by atoms with Gasteiger partial charge in [-0.1, -0.05) is 11.3 Å². The third kappa shape index (κ3) is 3.42. The van der Waals surface area contributed by atoms with Gasteiger partial charge in [-0.2, -0.15) is 0 Å². The maximum atomic E-state index is 13.8. The third-order valence-electron chi connectivity index (χ3n) is 3.56. The maximum absolute atomic E-state index is 13.8. The summed E-state index contributed by atoms with van der Waals surface area (Å²) in [5, 5.41) is 0.786. The molecule has 0 radical (unpaired) electrons. The molecule has 0 atom stereocenters.